The summed E-state index contributed by atoms with van der Waals surface area (Å²) in [4.78, 5) is 11.4. The lowest BCUT2D eigenvalue weighted by Gasteiger charge is -2.00. The standard InChI is InChI=1S/C14H17NO/c1-3-12(2)9-10-14(16)15-11-13-7-5-4-6-8-13/h4-8,10H,3,11H2,1-2H3,(H,15,16). The third kappa shape index (κ3) is 4.63. The molecule has 2 heteroatoms. The van der Waals surface area contributed by atoms with Crippen LogP contribution in [0.5, 0.6) is 0 Å². The van der Waals surface area contributed by atoms with Gasteiger partial charge in [0.2, 0.25) is 0 Å². The molecule has 0 saturated carbocycles. The summed E-state index contributed by atoms with van der Waals surface area (Å²) in [6.45, 7) is 4.56. The fourth-order valence-corrected chi connectivity index (χ4v) is 1.13. The summed E-state index contributed by atoms with van der Waals surface area (Å²) in [5.74, 6) is -0.100. The maximum Gasteiger partial charge on any atom is 0.252 e. The maximum atomic E-state index is 11.4. The van der Waals surface area contributed by atoms with E-state index >= 15 is 0 Å². The monoisotopic (exact) mass is 215 g/mol. The van der Waals surface area contributed by atoms with Gasteiger partial charge in [-0.2, -0.15) is 0 Å². The Labute approximate surface area is 96.7 Å². The van der Waals surface area contributed by atoms with Crippen LogP contribution in [0.15, 0.2) is 47.7 Å². The van der Waals surface area contributed by atoms with Crippen LogP contribution in [0.4, 0.5) is 0 Å². The summed E-state index contributed by atoms with van der Waals surface area (Å²) in [5, 5.41) is 2.81. The first kappa shape index (κ1) is 12.3. The fraction of sp³-hybridized carbons (Fsp3) is 0.286. The van der Waals surface area contributed by atoms with Crippen molar-refractivity contribution in [2.45, 2.75) is 26.8 Å². The van der Waals surface area contributed by atoms with Crippen LogP contribution in [0.3, 0.4) is 0 Å². The number of amides is 1. The van der Waals surface area contributed by atoms with E-state index in [0.29, 0.717) is 6.54 Å². The van der Waals surface area contributed by atoms with Crippen LogP contribution in [0.1, 0.15) is 25.8 Å². The Bertz CT molecular complexity index is 400. The SMILES string of the molecule is CCC(C)=C=CC(=O)NCc1ccccc1. The first-order valence-electron chi connectivity index (χ1n) is 5.46. The third-order valence-electron chi connectivity index (χ3n) is 2.29. The number of benzene rings is 1. The average Bonchev–Trinajstić information content (AvgIpc) is 2.34. The minimum absolute atomic E-state index is 0.100. The number of rotatable bonds is 4. The molecule has 0 bridgehead atoms. The first-order chi connectivity index (χ1) is 7.72. The molecule has 1 aromatic rings. The summed E-state index contributed by atoms with van der Waals surface area (Å²) in [5.41, 5.74) is 5.12. The topological polar surface area (TPSA) is 29.1 Å². The lowest BCUT2D eigenvalue weighted by atomic mass is 10.2. The fourth-order valence-electron chi connectivity index (χ4n) is 1.13. The van der Waals surface area contributed by atoms with Crippen molar-refractivity contribution >= 4 is 5.91 Å². The summed E-state index contributed by atoms with van der Waals surface area (Å²) in [6.07, 6.45) is 2.38. The molecule has 0 saturated heterocycles. The van der Waals surface area contributed by atoms with Gasteiger partial charge in [0.1, 0.15) is 0 Å². The van der Waals surface area contributed by atoms with Gasteiger partial charge in [-0.3, -0.25) is 4.79 Å². The van der Waals surface area contributed by atoms with Crippen LogP contribution < -0.4 is 5.32 Å². The molecule has 0 aliphatic rings. The minimum Gasteiger partial charge on any atom is -0.348 e. The van der Waals surface area contributed by atoms with Gasteiger partial charge < -0.3 is 5.32 Å². The molecule has 0 aliphatic carbocycles. The van der Waals surface area contributed by atoms with E-state index < -0.39 is 0 Å². The van der Waals surface area contributed by atoms with Gasteiger partial charge in [0.25, 0.3) is 5.91 Å². The van der Waals surface area contributed by atoms with Crippen molar-refractivity contribution in [2.75, 3.05) is 0 Å². The molecule has 16 heavy (non-hydrogen) atoms. The Morgan fingerprint density at radius 3 is 2.69 bits per heavy atom. The number of carbonyl (C=O) groups excluding carboxylic acids is 1. The second-order valence-electron chi connectivity index (χ2n) is 3.63. The number of hydrogen-bond donors (Lipinski definition) is 1. The van der Waals surface area contributed by atoms with Gasteiger partial charge in [-0.15, -0.1) is 5.73 Å². The number of hydrogen-bond acceptors (Lipinski definition) is 1. The molecule has 1 amide bonds. The highest BCUT2D eigenvalue weighted by atomic mass is 16.1. The van der Waals surface area contributed by atoms with E-state index in [-0.39, 0.29) is 5.91 Å². The van der Waals surface area contributed by atoms with Crippen LogP contribution in [0, 0.1) is 0 Å². The highest BCUT2D eigenvalue weighted by Crippen LogP contribution is 1.97. The number of carbonyl (C=O) groups is 1. The molecule has 0 spiro atoms. The minimum atomic E-state index is -0.100. The summed E-state index contributed by atoms with van der Waals surface area (Å²) in [6, 6.07) is 9.84. The van der Waals surface area contributed by atoms with Gasteiger partial charge in [-0.05, 0) is 24.5 Å². The van der Waals surface area contributed by atoms with Crippen LogP contribution in [-0.4, -0.2) is 5.91 Å². The zero-order chi connectivity index (χ0) is 11.8. The average molecular weight is 215 g/mol. The molecule has 84 valence electrons. The first-order valence-corrected chi connectivity index (χ1v) is 5.46. The third-order valence-corrected chi connectivity index (χ3v) is 2.29. The molecular formula is C14H17NO. The van der Waals surface area contributed by atoms with E-state index in [4.69, 9.17) is 0 Å². The van der Waals surface area contributed by atoms with Crippen LogP contribution >= 0.6 is 0 Å². The predicted octanol–water partition coefficient (Wildman–Crippen LogP) is 2.81. The molecule has 0 fully saturated rings. The van der Waals surface area contributed by atoms with E-state index in [1.165, 1.54) is 6.08 Å². The van der Waals surface area contributed by atoms with Crippen molar-refractivity contribution in [3.05, 3.63) is 53.3 Å². The van der Waals surface area contributed by atoms with Gasteiger partial charge in [-0.1, -0.05) is 37.3 Å². The van der Waals surface area contributed by atoms with Crippen LogP contribution in [0.2, 0.25) is 0 Å². The maximum absolute atomic E-state index is 11.4. The second-order valence-corrected chi connectivity index (χ2v) is 3.63. The summed E-state index contributed by atoms with van der Waals surface area (Å²) in [7, 11) is 0. The molecule has 0 aromatic heterocycles. The van der Waals surface area contributed by atoms with Gasteiger partial charge >= 0.3 is 0 Å². The highest BCUT2D eigenvalue weighted by Gasteiger charge is 1.94. The zero-order valence-corrected chi connectivity index (χ0v) is 9.79. The molecule has 0 radical (unpaired) electrons. The zero-order valence-electron chi connectivity index (χ0n) is 9.79. The van der Waals surface area contributed by atoms with E-state index in [2.05, 4.69) is 11.0 Å². The largest absolute Gasteiger partial charge is 0.348 e. The van der Waals surface area contributed by atoms with Gasteiger partial charge in [0, 0.05) is 12.6 Å². The molecule has 2 nitrogen and oxygen atoms in total. The highest BCUT2D eigenvalue weighted by molar-refractivity contribution is 5.87. The van der Waals surface area contributed by atoms with Crippen LogP contribution in [-0.2, 0) is 11.3 Å². The molecule has 1 aromatic carbocycles. The molecule has 0 aliphatic heterocycles. The smallest absolute Gasteiger partial charge is 0.252 e. The van der Waals surface area contributed by atoms with Crippen molar-refractivity contribution in [1.82, 2.24) is 5.32 Å². The van der Waals surface area contributed by atoms with E-state index in [1.807, 2.05) is 44.2 Å². The van der Waals surface area contributed by atoms with Crippen LogP contribution in [0.25, 0.3) is 0 Å². The van der Waals surface area contributed by atoms with Gasteiger partial charge in [-0.25, -0.2) is 0 Å². The Hall–Kier alpha value is -1.79. The molecule has 1 N–H and O–H groups in total. The van der Waals surface area contributed by atoms with E-state index in [0.717, 1.165) is 17.6 Å². The second kappa shape index (κ2) is 6.65. The summed E-state index contributed by atoms with van der Waals surface area (Å²) < 4.78 is 0. The Morgan fingerprint density at radius 2 is 2.06 bits per heavy atom. The van der Waals surface area contributed by atoms with Gasteiger partial charge in [0.05, 0.1) is 0 Å². The predicted molar refractivity (Wildman–Crippen MR) is 65.8 cm³/mol. The Kier molecular flexibility index (Phi) is 5.10. The molecule has 0 atom stereocenters. The Balaban J connectivity index is 2.45. The van der Waals surface area contributed by atoms with E-state index in [9.17, 15) is 4.79 Å². The van der Waals surface area contributed by atoms with Crippen molar-refractivity contribution in [2.24, 2.45) is 0 Å². The van der Waals surface area contributed by atoms with Crippen molar-refractivity contribution in [3.63, 3.8) is 0 Å². The molecule has 0 heterocycles. The quantitative estimate of drug-likeness (QED) is 0.607. The van der Waals surface area contributed by atoms with Crippen molar-refractivity contribution in [1.29, 1.82) is 0 Å². The molecule has 1 rings (SSSR count). The molecular weight excluding hydrogens is 198 g/mol. The lowest BCUT2D eigenvalue weighted by molar-refractivity contribution is -0.116. The summed E-state index contributed by atoms with van der Waals surface area (Å²) >= 11 is 0. The van der Waals surface area contributed by atoms with Gasteiger partial charge in [0.15, 0.2) is 0 Å². The van der Waals surface area contributed by atoms with Crippen molar-refractivity contribution < 1.29 is 4.79 Å². The lowest BCUT2D eigenvalue weighted by Crippen LogP contribution is -2.19. The normalized spacial score (nSPS) is 9.12. The van der Waals surface area contributed by atoms with Crippen molar-refractivity contribution in [3.8, 4) is 0 Å². The molecule has 0 unspecified atom stereocenters. The number of nitrogens with one attached hydrogen (secondary N) is 1. The Morgan fingerprint density at radius 1 is 1.38 bits per heavy atom. The van der Waals surface area contributed by atoms with E-state index in [1.54, 1.807) is 0 Å².